The standard InChI is InChI=1S/C20H25NO5/c1-2-25-20(24)14-5-7-17(8-6-14)21-18(22)12-26-19(23)11-16-10-13-3-4-15(16)9-13/h5-8,13,15-16H,2-4,9-12H2,1H3,(H,21,22). The van der Waals surface area contributed by atoms with Crippen molar-refractivity contribution >= 4 is 23.5 Å². The lowest BCUT2D eigenvalue weighted by molar-refractivity contribution is -0.148. The maximum Gasteiger partial charge on any atom is 0.338 e. The predicted molar refractivity (Wildman–Crippen MR) is 95.5 cm³/mol. The molecule has 2 fully saturated rings. The first-order valence-corrected chi connectivity index (χ1v) is 9.27. The molecule has 1 N–H and O–H groups in total. The Bertz CT molecular complexity index is 669. The molecule has 0 saturated heterocycles. The van der Waals surface area contributed by atoms with E-state index in [1.54, 1.807) is 31.2 Å². The Morgan fingerprint density at radius 1 is 1.08 bits per heavy atom. The lowest BCUT2D eigenvalue weighted by Gasteiger charge is -2.20. The van der Waals surface area contributed by atoms with Gasteiger partial charge in [0, 0.05) is 12.1 Å². The van der Waals surface area contributed by atoms with Gasteiger partial charge in [0.15, 0.2) is 6.61 Å². The van der Waals surface area contributed by atoms with Crippen molar-refractivity contribution in [3.63, 3.8) is 0 Å². The minimum atomic E-state index is -0.403. The SMILES string of the molecule is CCOC(=O)c1ccc(NC(=O)COC(=O)CC2CC3CCC2C3)cc1. The quantitative estimate of drug-likeness (QED) is 0.756. The van der Waals surface area contributed by atoms with E-state index >= 15 is 0 Å². The van der Waals surface area contributed by atoms with Crippen LogP contribution >= 0.6 is 0 Å². The lowest BCUT2D eigenvalue weighted by atomic mass is 9.86. The van der Waals surface area contributed by atoms with Crippen molar-refractivity contribution in [1.29, 1.82) is 0 Å². The first-order chi connectivity index (χ1) is 12.5. The van der Waals surface area contributed by atoms with Gasteiger partial charge in [0.25, 0.3) is 5.91 Å². The molecule has 3 rings (SSSR count). The molecule has 0 heterocycles. The number of anilines is 1. The van der Waals surface area contributed by atoms with Crippen molar-refractivity contribution < 1.29 is 23.9 Å². The van der Waals surface area contributed by atoms with E-state index in [9.17, 15) is 14.4 Å². The highest BCUT2D eigenvalue weighted by molar-refractivity contribution is 5.94. The summed E-state index contributed by atoms with van der Waals surface area (Å²) in [4.78, 5) is 35.5. The first kappa shape index (κ1) is 18.4. The first-order valence-electron chi connectivity index (χ1n) is 9.27. The zero-order valence-corrected chi connectivity index (χ0v) is 15.0. The highest BCUT2D eigenvalue weighted by Gasteiger charge is 2.40. The Balaban J connectivity index is 1.39. The molecule has 1 aromatic rings. The van der Waals surface area contributed by atoms with Crippen molar-refractivity contribution in [3.05, 3.63) is 29.8 Å². The third-order valence-corrected chi connectivity index (χ3v) is 5.36. The van der Waals surface area contributed by atoms with Crippen LogP contribution in [0.1, 0.15) is 49.4 Å². The van der Waals surface area contributed by atoms with Crippen molar-refractivity contribution in [2.24, 2.45) is 17.8 Å². The zero-order chi connectivity index (χ0) is 18.5. The van der Waals surface area contributed by atoms with Gasteiger partial charge in [-0.15, -0.1) is 0 Å². The van der Waals surface area contributed by atoms with Crippen molar-refractivity contribution in [2.45, 2.75) is 39.0 Å². The van der Waals surface area contributed by atoms with Crippen LogP contribution in [-0.2, 0) is 19.1 Å². The van der Waals surface area contributed by atoms with Gasteiger partial charge in [-0.05, 0) is 68.2 Å². The Kier molecular flexibility index (Phi) is 5.91. The average Bonchev–Trinajstić information content (AvgIpc) is 3.24. The summed E-state index contributed by atoms with van der Waals surface area (Å²) >= 11 is 0. The molecule has 1 amide bonds. The third-order valence-electron chi connectivity index (χ3n) is 5.36. The smallest absolute Gasteiger partial charge is 0.338 e. The van der Waals surface area contributed by atoms with Gasteiger partial charge in [0.2, 0.25) is 0 Å². The highest BCUT2D eigenvalue weighted by Crippen LogP contribution is 2.49. The molecule has 0 aromatic heterocycles. The number of hydrogen-bond donors (Lipinski definition) is 1. The molecule has 2 bridgehead atoms. The van der Waals surface area contributed by atoms with Crippen LogP contribution in [0.3, 0.4) is 0 Å². The topological polar surface area (TPSA) is 81.7 Å². The van der Waals surface area contributed by atoms with Gasteiger partial charge in [-0.1, -0.05) is 6.42 Å². The molecule has 3 unspecified atom stereocenters. The van der Waals surface area contributed by atoms with Gasteiger partial charge < -0.3 is 14.8 Å². The summed E-state index contributed by atoms with van der Waals surface area (Å²) in [5, 5.41) is 2.65. The molecule has 0 radical (unpaired) electrons. The van der Waals surface area contributed by atoms with E-state index in [1.807, 2.05) is 0 Å². The number of amides is 1. The van der Waals surface area contributed by atoms with E-state index < -0.39 is 11.9 Å². The van der Waals surface area contributed by atoms with Crippen LogP contribution < -0.4 is 5.32 Å². The maximum absolute atomic E-state index is 12.0. The second-order valence-electron chi connectivity index (χ2n) is 7.15. The summed E-state index contributed by atoms with van der Waals surface area (Å²) in [6.45, 7) is 1.76. The second kappa shape index (κ2) is 8.34. The summed E-state index contributed by atoms with van der Waals surface area (Å²) in [7, 11) is 0. The summed E-state index contributed by atoms with van der Waals surface area (Å²) in [5.41, 5.74) is 0.953. The molecule has 140 valence electrons. The number of fused-ring (bicyclic) bond motifs is 2. The van der Waals surface area contributed by atoms with Crippen molar-refractivity contribution in [2.75, 3.05) is 18.5 Å². The number of hydrogen-bond acceptors (Lipinski definition) is 5. The number of ether oxygens (including phenoxy) is 2. The molecule has 2 aliphatic carbocycles. The number of nitrogens with one attached hydrogen (secondary N) is 1. The van der Waals surface area contributed by atoms with Crippen LogP contribution in [0.2, 0.25) is 0 Å². The number of benzene rings is 1. The molecule has 1 aromatic carbocycles. The van der Waals surface area contributed by atoms with Crippen LogP contribution in [0.4, 0.5) is 5.69 Å². The highest BCUT2D eigenvalue weighted by atomic mass is 16.5. The third kappa shape index (κ3) is 4.62. The van der Waals surface area contributed by atoms with E-state index in [0.29, 0.717) is 36.1 Å². The normalized spacial score (nSPS) is 23.5. The monoisotopic (exact) mass is 359 g/mol. The van der Waals surface area contributed by atoms with E-state index in [0.717, 1.165) is 12.3 Å². The molecule has 26 heavy (non-hydrogen) atoms. The van der Waals surface area contributed by atoms with E-state index in [1.165, 1.54) is 19.3 Å². The van der Waals surface area contributed by atoms with Crippen LogP contribution in [0.25, 0.3) is 0 Å². The molecular weight excluding hydrogens is 334 g/mol. The molecule has 0 aliphatic heterocycles. The van der Waals surface area contributed by atoms with Gasteiger partial charge in [-0.2, -0.15) is 0 Å². The lowest BCUT2D eigenvalue weighted by Crippen LogP contribution is -2.23. The second-order valence-corrected chi connectivity index (χ2v) is 7.15. The number of carbonyl (C=O) groups excluding carboxylic acids is 3. The van der Waals surface area contributed by atoms with E-state index in [-0.39, 0.29) is 12.6 Å². The number of carbonyl (C=O) groups is 3. The molecule has 3 atom stereocenters. The summed E-state index contributed by atoms with van der Waals surface area (Å²) < 4.78 is 10.0. The molecule has 6 nitrogen and oxygen atoms in total. The van der Waals surface area contributed by atoms with Crippen molar-refractivity contribution in [1.82, 2.24) is 0 Å². The average molecular weight is 359 g/mol. The maximum atomic E-state index is 12.0. The Morgan fingerprint density at radius 3 is 2.46 bits per heavy atom. The molecule has 2 aliphatic rings. The van der Waals surface area contributed by atoms with Gasteiger partial charge in [0.1, 0.15) is 0 Å². The largest absolute Gasteiger partial charge is 0.462 e. The van der Waals surface area contributed by atoms with Crippen LogP contribution in [-0.4, -0.2) is 31.1 Å². The molecule has 0 spiro atoms. The Hall–Kier alpha value is -2.37. The van der Waals surface area contributed by atoms with Gasteiger partial charge in [-0.3, -0.25) is 9.59 Å². The fourth-order valence-electron chi connectivity index (χ4n) is 4.15. The summed E-state index contributed by atoms with van der Waals surface area (Å²) in [6.07, 6.45) is 5.32. The summed E-state index contributed by atoms with van der Waals surface area (Å²) in [6, 6.07) is 6.38. The minimum Gasteiger partial charge on any atom is -0.462 e. The minimum absolute atomic E-state index is 0.292. The molecular formula is C20H25NO5. The van der Waals surface area contributed by atoms with E-state index in [4.69, 9.17) is 9.47 Å². The van der Waals surface area contributed by atoms with Gasteiger partial charge in [0.05, 0.1) is 12.2 Å². The van der Waals surface area contributed by atoms with E-state index in [2.05, 4.69) is 5.32 Å². The fourth-order valence-corrected chi connectivity index (χ4v) is 4.15. The zero-order valence-electron chi connectivity index (χ0n) is 15.0. The van der Waals surface area contributed by atoms with Gasteiger partial charge >= 0.3 is 11.9 Å². The van der Waals surface area contributed by atoms with Crippen LogP contribution in [0.15, 0.2) is 24.3 Å². The number of esters is 2. The molecule has 2 saturated carbocycles. The molecule has 6 heteroatoms. The predicted octanol–water partition coefficient (Wildman–Crippen LogP) is 3.17. The Labute approximate surface area is 153 Å². The fraction of sp³-hybridized carbons (Fsp3) is 0.550. The summed E-state index contributed by atoms with van der Waals surface area (Å²) in [5.74, 6) is 0.795. The number of rotatable bonds is 7. The van der Waals surface area contributed by atoms with Crippen LogP contribution in [0.5, 0.6) is 0 Å². The van der Waals surface area contributed by atoms with Crippen LogP contribution in [0, 0.1) is 17.8 Å². The van der Waals surface area contributed by atoms with Crippen molar-refractivity contribution in [3.8, 4) is 0 Å². The Morgan fingerprint density at radius 2 is 1.85 bits per heavy atom. The van der Waals surface area contributed by atoms with Gasteiger partial charge in [-0.25, -0.2) is 4.79 Å².